The van der Waals surface area contributed by atoms with Crippen molar-refractivity contribution in [3.05, 3.63) is 101 Å². The van der Waals surface area contributed by atoms with E-state index < -0.39 is 38.9 Å². The number of halogens is 1. The van der Waals surface area contributed by atoms with Gasteiger partial charge in [-0.25, -0.2) is 13.1 Å². The molecule has 3 aromatic carbocycles. The molecule has 0 bridgehead atoms. The second-order valence-electron chi connectivity index (χ2n) is 11.8. The van der Waals surface area contributed by atoms with Gasteiger partial charge in [0.1, 0.15) is 6.04 Å². The van der Waals surface area contributed by atoms with Crippen molar-refractivity contribution in [1.29, 1.82) is 0 Å². The van der Waals surface area contributed by atoms with Crippen LogP contribution < -0.4 is 10.0 Å². The zero-order valence-electron chi connectivity index (χ0n) is 24.5. The number of benzene rings is 3. The van der Waals surface area contributed by atoms with Crippen LogP contribution >= 0.6 is 11.6 Å². The van der Waals surface area contributed by atoms with Gasteiger partial charge >= 0.3 is 0 Å². The quantitative estimate of drug-likeness (QED) is 0.341. The number of aliphatic hydroxyl groups is 1. The summed E-state index contributed by atoms with van der Waals surface area (Å²) in [6.45, 7) is 7.93. The van der Waals surface area contributed by atoms with Crippen molar-refractivity contribution in [2.24, 2.45) is 11.3 Å². The summed E-state index contributed by atoms with van der Waals surface area (Å²) in [6, 6.07) is 19.3. The molecule has 0 aliphatic carbocycles. The summed E-state index contributed by atoms with van der Waals surface area (Å²) >= 11 is 6.04. The van der Waals surface area contributed by atoms with Crippen LogP contribution in [0.4, 0.5) is 0 Å². The standard InChI is InChI=1S/C32H36ClN3O6S/c1-21(2)27(30(39)36-18-17-32(40,31(3,4)20-36)24-13-15-25(33)16-14-24)34-28(37)23-11-8-12-26(19-23)43(41,42)35-29(38)22-9-6-5-7-10-22/h5-16,19,21,27,40H,17-18,20H2,1-4H3,(H,34,37)(H,35,38). The van der Waals surface area contributed by atoms with E-state index in [1.807, 2.05) is 32.4 Å². The van der Waals surface area contributed by atoms with Crippen molar-refractivity contribution in [2.75, 3.05) is 13.1 Å². The largest absolute Gasteiger partial charge is 0.384 e. The SMILES string of the molecule is CC(C)C(NC(=O)c1cccc(S(=O)(=O)NC(=O)c2ccccc2)c1)C(=O)N1CCC(O)(c2ccc(Cl)cc2)C(C)(C)C1. The third-order valence-corrected chi connectivity index (χ3v) is 9.55. The van der Waals surface area contributed by atoms with Crippen LogP contribution in [-0.4, -0.2) is 55.3 Å². The molecular weight excluding hydrogens is 590 g/mol. The predicted octanol–water partition coefficient (Wildman–Crippen LogP) is 4.36. The van der Waals surface area contributed by atoms with E-state index >= 15 is 0 Å². The lowest BCUT2D eigenvalue weighted by Gasteiger charge is -2.51. The molecule has 11 heteroatoms. The van der Waals surface area contributed by atoms with E-state index in [4.69, 9.17) is 11.6 Å². The third-order valence-electron chi connectivity index (χ3n) is 7.97. The summed E-state index contributed by atoms with van der Waals surface area (Å²) in [7, 11) is -4.28. The molecular formula is C32H36ClN3O6S. The van der Waals surface area contributed by atoms with E-state index in [9.17, 15) is 27.9 Å². The highest BCUT2D eigenvalue weighted by molar-refractivity contribution is 7.90. The monoisotopic (exact) mass is 625 g/mol. The Bertz CT molecular complexity index is 1610. The second-order valence-corrected chi connectivity index (χ2v) is 13.9. The minimum absolute atomic E-state index is 0.0181. The van der Waals surface area contributed by atoms with Gasteiger partial charge in [-0.1, -0.05) is 75.7 Å². The van der Waals surface area contributed by atoms with E-state index in [2.05, 4.69) is 5.32 Å². The van der Waals surface area contributed by atoms with Crippen molar-refractivity contribution < 1.29 is 27.9 Å². The lowest BCUT2D eigenvalue weighted by molar-refractivity contribution is -0.155. The van der Waals surface area contributed by atoms with Gasteiger partial charge in [0.05, 0.1) is 10.5 Å². The Morgan fingerprint density at radius 2 is 1.53 bits per heavy atom. The number of rotatable bonds is 8. The minimum Gasteiger partial charge on any atom is -0.384 e. The Balaban J connectivity index is 1.48. The molecule has 0 aromatic heterocycles. The summed E-state index contributed by atoms with van der Waals surface area (Å²) in [6.07, 6.45) is 0.292. The fourth-order valence-electron chi connectivity index (χ4n) is 5.34. The van der Waals surface area contributed by atoms with Crippen LogP contribution in [0.1, 0.15) is 60.4 Å². The first kappa shape index (κ1) is 32.2. The fourth-order valence-corrected chi connectivity index (χ4v) is 6.49. The van der Waals surface area contributed by atoms with Crippen LogP contribution in [0.5, 0.6) is 0 Å². The van der Waals surface area contributed by atoms with Gasteiger partial charge in [0.25, 0.3) is 21.8 Å². The molecule has 0 radical (unpaired) electrons. The highest BCUT2D eigenvalue weighted by atomic mass is 35.5. The number of carbonyl (C=O) groups is 3. The van der Waals surface area contributed by atoms with Crippen LogP contribution in [0.15, 0.2) is 83.8 Å². The molecule has 3 N–H and O–H groups in total. The second kappa shape index (κ2) is 12.5. The first-order valence-corrected chi connectivity index (χ1v) is 15.8. The van der Waals surface area contributed by atoms with Crippen LogP contribution in [0, 0.1) is 11.3 Å². The first-order valence-electron chi connectivity index (χ1n) is 13.9. The molecule has 0 spiro atoms. The molecule has 0 saturated carbocycles. The Hall–Kier alpha value is -3.73. The van der Waals surface area contributed by atoms with E-state index in [1.165, 1.54) is 30.3 Å². The van der Waals surface area contributed by atoms with Crippen molar-refractivity contribution in [3.63, 3.8) is 0 Å². The number of hydrogen-bond acceptors (Lipinski definition) is 6. The van der Waals surface area contributed by atoms with E-state index in [0.29, 0.717) is 11.4 Å². The summed E-state index contributed by atoms with van der Waals surface area (Å²) in [5, 5.41) is 15.0. The topological polar surface area (TPSA) is 133 Å². The first-order chi connectivity index (χ1) is 20.1. The number of hydrogen-bond donors (Lipinski definition) is 3. The third kappa shape index (κ3) is 6.92. The molecule has 4 rings (SSSR count). The Morgan fingerprint density at radius 1 is 0.907 bits per heavy atom. The molecule has 228 valence electrons. The van der Waals surface area contributed by atoms with E-state index in [0.717, 1.165) is 11.6 Å². The molecule has 2 atom stereocenters. The van der Waals surface area contributed by atoms with Gasteiger partial charge in [-0.05, 0) is 60.4 Å². The molecule has 3 aromatic rings. The van der Waals surface area contributed by atoms with Crippen LogP contribution in [0.2, 0.25) is 5.02 Å². The number of sulfonamides is 1. The Labute approximate surface area is 257 Å². The number of carbonyl (C=O) groups excluding carboxylic acids is 3. The molecule has 1 heterocycles. The van der Waals surface area contributed by atoms with Gasteiger partial charge in [-0.3, -0.25) is 14.4 Å². The van der Waals surface area contributed by atoms with Crippen molar-refractivity contribution in [3.8, 4) is 0 Å². The highest BCUT2D eigenvalue weighted by Gasteiger charge is 2.50. The van der Waals surface area contributed by atoms with Gasteiger partial charge < -0.3 is 15.3 Å². The maximum atomic E-state index is 13.7. The molecule has 1 saturated heterocycles. The minimum atomic E-state index is -4.28. The number of nitrogens with one attached hydrogen (secondary N) is 2. The van der Waals surface area contributed by atoms with Crippen LogP contribution in [-0.2, 0) is 20.4 Å². The van der Waals surface area contributed by atoms with Crippen LogP contribution in [0.25, 0.3) is 0 Å². The van der Waals surface area contributed by atoms with Crippen molar-refractivity contribution in [2.45, 2.75) is 50.7 Å². The Kier molecular flexibility index (Phi) is 9.34. The molecule has 2 unspecified atom stereocenters. The number of likely N-dealkylation sites (tertiary alicyclic amines) is 1. The van der Waals surface area contributed by atoms with E-state index in [1.54, 1.807) is 47.4 Å². The molecule has 43 heavy (non-hydrogen) atoms. The maximum absolute atomic E-state index is 13.7. The van der Waals surface area contributed by atoms with Gasteiger partial charge in [0.2, 0.25) is 5.91 Å². The smallest absolute Gasteiger partial charge is 0.264 e. The van der Waals surface area contributed by atoms with E-state index in [-0.39, 0.29) is 40.9 Å². The average molecular weight is 626 g/mol. The van der Waals surface area contributed by atoms with Crippen molar-refractivity contribution >= 4 is 39.3 Å². The molecule has 1 fully saturated rings. The zero-order valence-corrected chi connectivity index (χ0v) is 26.1. The predicted molar refractivity (Wildman–Crippen MR) is 164 cm³/mol. The Morgan fingerprint density at radius 3 is 2.14 bits per heavy atom. The summed E-state index contributed by atoms with van der Waals surface area (Å²) in [5.41, 5.74) is -0.993. The molecule has 1 aliphatic rings. The zero-order chi connectivity index (χ0) is 31.6. The summed E-state index contributed by atoms with van der Waals surface area (Å²) in [4.78, 5) is 40.9. The fraction of sp³-hybridized carbons (Fsp3) is 0.344. The number of amides is 3. The lowest BCUT2D eigenvalue weighted by atomic mass is 9.66. The van der Waals surface area contributed by atoms with Crippen molar-refractivity contribution in [1.82, 2.24) is 14.9 Å². The summed E-state index contributed by atoms with van der Waals surface area (Å²) < 4.78 is 27.9. The average Bonchev–Trinajstić information content (AvgIpc) is 2.97. The molecule has 1 aliphatic heterocycles. The number of piperidine rings is 1. The normalized spacial score (nSPS) is 19.0. The number of nitrogens with zero attached hydrogens (tertiary/aromatic N) is 1. The van der Waals surface area contributed by atoms with Gasteiger partial charge in [0, 0.05) is 34.7 Å². The maximum Gasteiger partial charge on any atom is 0.264 e. The van der Waals surface area contributed by atoms with Gasteiger partial charge in [-0.2, -0.15) is 0 Å². The van der Waals surface area contributed by atoms with Gasteiger partial charge in [0.15, 0.2) is 0 Å². The van der Waals surface area contributed by atoms with Crippen LogP contribution in [0.3, 0.4) is 0 Å². The highest BCUT2D eigenvalue weighted by Crippen LogP contribution is 2.46. The lowest BCUT2D eigenvalue weighted by Crippen LogP contribution is -2.60. The van der Waals surface area contributed by atoms with Gasteiger partial charge in [-0.15, -0.1) is 0 Å². The molecule has 9 nitrogen and oxygen atoms in total. The summed E-state index contributed by atoms with van der Waals surface area (Å²) in [5.74, 6) is -2.01. The molecule has 3 amide bonds.